The van der Waals surface area contributed by atoms with E-state index in [2.05, 4.69) is 15.5 Å². The van der Waals surface area contributed by atoms with Gasteiger partial charge >= 0.3 is 0 Å². The average molecular weight is 431 g/mol. The molecule has 0 aliphatic carbocycles. The number of hydrogen-bond donors (Lipinski definition) is 1. The van der Waals surface area contributed by atoms with E-state index in [0.29, 0.717) is 28.3 Å². The first-order valence-corrected chi connectivity index (χ1v) is 10.6. The minimum absolute atomic E-state index is 0.0890. The molecule has 8 heteroatoms. The van der Waals surface area contributed by atoms with Crippen LogP contribution in [0.15, 0.2) is 47.6 Å². The van der Waals surface area contributed by atoms with Gasteiger partial charge in [0, 0.05) is 12.2 Å². The van der Waals surface area contributed by atoms with Gasteiger partial charge in [0.1, 0.15) is 12.4 Å². The molecule has 0 saturated heterocycles. The maximum absolute atomic E-state index is 12.2. The van der Waals surface area contributed by atoms with E-state index < -0.39 is 0 Å². The molecule has 6 nitrogen and oxygen atoms in total. The van der Waals surface area contributed by atoms with Crippen molar-refractivity contribution in [3.8, 4) is 5.75 Å². The number of amides is 1. The zero-order valence-corrected chi connectivity index (χ0v) is 18.2. The Kier molecular flexibility index (Phi) is 7.17. The van der Waals surface area contributed by atoms with Gasteiger partial charge in [-0.1, -0.05) is 47.1 Å². The van der Waals surface area contributed by atoms with Crippen LogP contribution in [0.2, 0.25) is 5.02 Å². The number of anilines is 1. The number of rotatable bonds is 8. The first-order chi connectivity index (χ1) is 14.0. The fraction of sp³-hybridized carbons (Fsp3) is 0.286. The second kappa shape index (κ2) is 9.80. The van der Waals surface area contributed by atoms with Crippen LogP contribution in [0.1, 0.15) is 23.9 Å². The normalized spacial score (nSPS) is 10.8. The lowest BCUT2D eigenvalue weighted by molar-refractivity contribution is -0.113. The minimum Gasteiger partial charge on any atom is -0.484 e. The average Bonchev–Trinajstić information content (AvgIpc) is 3.10. The zero-order valence-electron chi connectivity index (χ0n) is 16.6. The van der Waals surface area contributed by atoms with Gasteiger partial charge in [0.25, 0.3) is 0 Å². The summed E-state index contributed by atoms with van der Waals surface area (Å²) in [5.74, 6) is 1.46. The van der Waals surface area contributed by atoms with Crippen molar-refractivity contribution in [3.05, 3.63) is 64.4 Å². The van der Waals surface area contributed by atoms with Crippen molar-refractivity contribution < 1.29 is 9.53 Å². The molecule has 0 aliphatic heterocycles. The Bertz CT molecular complexity index is 989. The van der Waals surface area contributed by atoms with Crippen LogP contribution < -0.4 is 10.1 Å². The lowest BCUT2D eigenvalue weighted by atomic mass is 10.2. The second-order valence-corrected chi connectivity index (χ2v) is 7.92. The highest BCUT2D eigenvalue weighted by Crippen LogP contribution is 2.26. The van der Waals surface area contributed by atoms with Crippen LogP contribution >= 0.6 is 23.4 Å². The van der Waals surface area contributed by atoms with Crippen LogP contribution in [-0.2, 0) is 17.9 Å². The molecule has 0 atom stereocenters. The fourth-order valence-electron chi connectivity index (χ4n) is 2.68. The number of ether oxygens (including phenoxy) is 1. The molecule has 0 aliphatic rings. The predicted molar refractivity (Wildman–Crippen MR) is 117 cm³/mol. The van der Waals surface area contributed by atoms with Gasteiger partial charge in [-0.2, -0.15) is 0 Å². The number of aromatic nitrogens is 3. The minimum atomic E-state index is -0.0890. The zero-order chi connectivity index (χ0) is 20.8. The number of hydrogen-bond acceptors (Lipinski definition) is 5. The van der Waals surface area contributed by atoms with E-state index in [4.69, 9.17) is 16.3 Å². The van der Waals surface area contributed by atoms with Crippen molar-refractivity contribution in [1.29, 1.82) is 0 Å². The van der Waals surface area contributed by atoms with Crippen LogP contribution in [0.5, 0.6) is 5.75 Å². The molecule has 0 spiro atoms. The fourth-order valence-corrected chi connectivity index (χ4v) is 3.67. The van der Waals surface area contributed by atoms with E-state index in [0.717, 1.165) is 16.8 Å². The highest BCUT2D eigenvalue weighted by Gasteiger charge is 2.14. The number of carbonyl (C=O) groups is 1. The van der Waals surface area contributed by atoms with Crippen LogP contribution in [0, 0.1) is 13.8 Å². The number of carbonyl (C=O) groups excluding carboxylic acids is 1. The highest BCUT2D eigenvalue weighted by atomic mass is 35.5. The molecule has 1 aromatic heterocycles. The number of benzene rings is 2. The van der Waals surface area contributed by atoms with Gasteiger partial charge < -0.3 is 14.6 Å². The van der Waals surface area contributed by atoms with Gasteiger partial charge in [0.15, 0.2) is 11.0 Å². The van der Waals surface area contributed by atoms with Crippen molar-refractivity contribution in [1.82, 2.24) is 14.8 Å². The molecule has 0 radical (unpaired) electrons. The summed E-state index contributed by atoms with van der Waals surface area (Å²) in [6.07, 6.45) is 0. The Morgan fingerprint density at radius 1 is 1.14 bits per heavy atom. The third-order valence-electron chi connectivity index (χ3n) is 4.22. The Morgan fingerprint density at radius 3 is 2.59 bits per heavy atom. The first kappa shape index (κ1) is 21.2. The topological polar surface area (TPSA) is 69.0 Å². The predicted octanol–water partition coefficient (Wildman–Crippen LogP) is 4.88. The van der Waals surface area contributed by atoms with E-state index in [1.54, 1.807) is 0 Å². The van der Waals surface area contributed by atoms with Crippen molar-refractivity contribution in [2.75, 3.05) is 11.1 Å². The molecule has 1 N–H and O–H groups in total. The standard InChI is InChI=1S/C21H23ClN4O2S/c1-4-26-19(12-28-18-11-15(3)7-10-17(18)22)24-25-21(26)29-13-20(27)23-16-8-5-14(2)6-9-16/h5-11H,4,12-13H2,1-3H3,(H,23,27). The molecule has 0 unspecified atom stereocenters. The van der Waals surface area contributed by atoms with E-state index in [1.165, 1.54) is 11.8 Å². The molecule has 1 heterocycles. The third-order valence-corrected chi connectivity index (χ3v) is 5.50. The summed E-state index contributed by atoms with van der Waals surface area (Å²) >= 11 is 7.53. The Morgan fingerprint density at radius 2 is 1.86 bits per heavy atom. The quantitative estimate of drug-likeness (QED) is 0.516. The summed E-state index contributed by atoms with van der Waals surface area (Å²) in [6.45, 7) is 6.92. The largest absolute Gasteiger partial charge is 0.484 e. The number of halogens is 1. The lowest BCUT2D eigenvalue weighted by Gasteiger charge is -2.10. The number of nitrogens with one attached hydrogen (secondary N) is 1. The van der Waals surface area contributed by atoms with Gasteiger partial charge in [-0.05, 0) is 50.6 Å². The molecule has 0 bridgehead atoms. The molecule has 3 aromatic rings. The van der Waals surface area contributed by atoms with Gasteiger partial charge in [0.2, 0.25) is 5.91 Å². The Balaban J connectivity index is 1.59. The summed E-state index contributed by atoms with van der Waals surface area (Å²) in [6, 6.07) is 13.3. The van der Waals surface area contributed by atoms with E-state index in [1.807, 2.05) is 67.8 Å². The summed E-state index contributed by atoms with van der Waals surface area (Å²) in [4.78, 5) is 12.2. The Labute approximate surface area is 179 Å². The molecular formula is C21H23ClN4O2S. The van der Waals surface area contributed by atoms with Gasteiger partial charge in [-0.25, -0.2) is 0 Å². The number of thioether (sulfide) groups is 1. The Hall–Kier alpha value is -2.51. The van der Waals surface area contributed by atoms with Crippen molar-refractivity contribution in [2.24, 2.45) is 0 Å². The van der Waals surface area contributed by atoms with Crippen LogP contribution in [-0.4, -0.2) is 26.4 Å². The summed E-state index contributed by atoms with van der Waals surface area (Å²) in [5.41, 5.74) is 2.99. The molecule has 29 heavy (non-hydrogen) atoms. The molecule has 3 rings (SSSR count). The summed E-state index contributed by atoms with van der Waals surface area (Å²) in [7, 11) is 0. The van der Waals surface area contributed by atoms with E-state index in [9.17, 15) is 4.79 Å². The second-order valence-electron chi connectivity index (χ2n) is 6.57. The van der Waals surface area contributed by atoms with Crippen molar-refractivity contribution >= 4 is 35.0 Å². The number of nitrogens with zero attached hydrogens (tertiary/aromatic N) is 3. The van der Waals surface area contributed by atoms with Crippen molar-refractivity contribution in [2.45, 2.75) is 39.1 Å². The monoisotopic (exact) mass is 430 g/mol. The third kappa shape index (κ3) is 5.74. The van der Waals surface area contributed by atoms with Crippen LogP contribution in [0.3, 0.4) is 0 Å². The van der Waals surface area contributed by atoms with E-state index in [-0.39, 0.29) is 18.3 Å². The first-order valence-electron chi connectivity index (χ1n) is 9.26. The highest BCUT2D eigenvalue weighted by molar-refractivity contribution is 7.99. The molecular weight excluding hydrogens is 408 g/mol. The lowest BCUT2D eigenvalue weighted by Crippen LogP contribution is -2.15. The molecule has 2 aromatic carbocycles. The van der Waals surface area contributed by atoms with Gasteiger partial charge in [0.05, 0.1) is 10.8 Å². The van der Waals surface area contributed by atoms with E-state index >= 15 is 0 Å². The molecule has 1 amide bonds. The smallest absolute Gasteiger partial charge is 0.234 e. The number of aryl methyl sites for hydroxylation is 2. The maximum Gasteiger partial charge on any atom is 0.234 e. The molecule has 0 fully saturated rings. The SMILES string of the molecule is CCn1c(COc2cc(C)ccc2Cl)nnc1SCC(=O)Nc1ccc(C)cc1. The van der Waals surface area contributed by atoms with Gasteiger partial charge in [-0.15, -0.1) is 10.2 Å². The van der Waals surface area contributed by atoms with Crippen molar-refractivity contribution in [3.63, 3.8) is 0 Å². The summed E-state index contributed by atoms with van der Waals surface area (Å²) in [5, 5.41) is 12.6. The maximum atomic E-state index is 12.2. The van der Waals surface area contributed by atoms with Crippen LogP contribution in [0.25, 0.3) is 0 Å². The van der Waals surface area contributed by atoms with Crippen LogP contribution in [0.4, 0.5) is 5.69 Å². The summed E-state index contributed by atoms with van der Waals surface area (Å²) < 4.78 is 7.77. The van der Waals surface area contributed by atoms with Gasteiger partial charge in [-0.3, -0.25) is 4.79 Å². The molecule has 152 valence electrons. The molecule has 0 saturated carbocycles.